The standard InChI is InChI=1S/C14H25F3O2/c1-5-8-9-11(6-2)10-19-12(18)13(4,7-3)14(15,16)17/h11H,5-10H2,1-4H3. The molecule has 0 spiro atoms. The molecule has 0 aliphatic heterocycles. The SMILES string of the molecule is CCCCC(CC)COC(=O)C(C)(CC)C(F)(F)F. The molecule has 0 aliphatic rings. The third-order valence-electron chi connectivity index (χ3n) is 3.78. The highest BCUT2D eigenvalue weighted by Crippen LogP contribution is 2.41. The van der Waals surface area contributed by atoms with Gasteiger partial charge in [0.25, 0.3) is 0 Å². The summed E-state index contributed by atoms with van der Waals surface area (Å²) in [5, 5.41) is 0. The molecule has 0 N–H and O–H groups in total. The number of halogens is 3. The maximum Gasteiger partial charge on any atom is 0.404 e. The van der Waals surface area contributed by atoms with Crippen molar-refractivity contribution in [2.45, 2.75) is 66.0 Å². The minimum absolute atomic E-state index is 0.0843. The van der Waals surface area contributed by atoms with Gasteiger partial charge in [0.2, 0.25) is 0 Å². The first kappa shape index (κ1) is 18.3. The Morgan fingerprint density at radius 3 is 2.16 bits per heavy atom. The lowest BCUT2D eigenvalue weighted by Gasteiger charge is -2.29. The summed E-state index contributed by atoms with van der Waals surface area (Å²) in [5.41, 5.74) is -2.39. The van der Waals surface area contributed by atoms with Crippen LogP contribution >= 0.6 is 0 Å². The van der Waals surface area contributed by atoms with E-state index in [2.05, 4.69) is 6.92 Å². The Hall–Kier alpha value is -0.740. The van der Waals surface area contributed by atoms with Gasteiger partial charge >= 0.3 is 12.1 Å². The van der Waals surface area contributed by atoms with Gasteiger partial charge < -0.3 is 4.74 Å². The Labute approximate surface area is 113 Å². The number of carbonyl (C=O) groups excluding carboxylic acids is 1. The fourth-order valence-electron chi connectivity index (χ4n) is 1.71. The Balaban J connectivity index is 4.50. The zero-order valence-corrected chi connectivity index (χ0v) is 12.3. The molecule has 0 saturated heterocycles. The lowest BCUT2D eigenvalue weighted by molar-refractivity contribution is -0.231. The van der Waals surface area contributed by atoms with Crippen molar-refractivity contribution < 1.29 is 22.7 Å². The van der Waals surface area contributed by atoms with Crippen molar-refractivity contribution in [3.8, 4) is 0 Å². The van der Waals surface area contributed by atoms with Gasteiger partial charge in [0, 0.05) is 0 Å². The molecule has 2 unspecified atom stereocenters. The predicted octanol–water partition coefficient (Wildman–Crippen LogP) is 4.72. The van der Waals surface area contributed by atoms with Crippen LogP contribution in [-0.2, 0) is 9.53 Å². The maximum absolute atomic E-state index is 12.9. The van der Waals surface area contributed by atoms with Gasteiger partial charge in [0.15, 0.2) is 5.41 Å². The van der Waals surface area contributed by atoms with E-state index in [1.54, 1.807) is 0 Å². The molecule has 0 rings (SSSR count). The number of rotatable bonds is 8. The van der Waals surface area contributed by atoms with Crippen LogP contribution in [0.25, 0.3) is 0 Å². The molecule has 5 heteroatoms. The second-order valence-electron chi connectivity index (χ2n) is 5.20. The first-order valence-corrected chi connectivity index (χ1v) is 6.96. The van der Waals surface area contributed by atoms with Crippen LogP contribution in [0.1, 0.15) is 59.8 Å². The number of hydrogen-bond acceptors (Lipinski definition) is 2. The highest BCUT2D eigenvalue weighted by molar-refractivity contribution is 5.77. The van der Waals surface area contributed by atoms with Gasteiger partial charge in [-0.25, -0.2) is 0 Å². The zero-order valence-electron chi connectivity index (χ0n) is 12.3. The predicted molar refractivity (Wildman–Crippen MR) is 68.7 cm³/mol. The topological polar surface area (TPSA) is 26.3 Å². The van der Waals surface area contributed by atoms with Crippen LogP contribution in [0, 0.1) is 11.3 Å². The van der Waals surface area contributed by atoms with Gasteiger partial charge in [0.05, 0.1) is 6.61 Å². The van der Waals surface area contributed by atoms with Crippen molar-refractivity contribution in [3.63, 3.8) is 0 Å². The minimum atomic E-state index is -4.57. The van der Waals surface area contributed by atoms with E-state index in [4.69, 9.17) is 4.74 Å². The highest BCUT2D eigenvalue weighted by atomic mass is 19.4. The van der Waals surface area contributed by atoms with Crippen LogP contribution in [0.15, 0.2) is 0 Å². The zero-order chi connectivity index (χ0) is 15.1. The molecule has 2 atom stereocenters. The fraction of sp³-hybridized carbons (Fsp3) is 0.929. The summed E-state index contributed by atoms with van der Waals surface area (Å²) in [4.78, 5) is 11.7. The van der Waals surface area contributed by atoms with E-state index in [-0.39, 0.29) is 18.9 Å². The highest BCUT2D eigenvalue weighted by Gasteiger charge is 2.56. The van der Waals surface area contributed by atoms with E-state index < -0.39 is 17.6 Å². The monoisotopic (exact) mass is 282 g/mol. The van der Waals surface area contributed by atoms with Gasteiger partial charge in [-0.05, 0) is 25.7 Å². The summed E-state index contributed by atoms with van der Waals surface area (Å²) < 4.78 is 43.5. The molecule has 0 radical (unpaired) electrons. The van der Waals surface area contributed by atoms with E-state index >= 15 is 0 Å². The van der Waals surface area contributed by atoms with Gasteiger partial charge in [-0.2, -0.15) is 13.2 Å². The smallest absolute Gasteiger partial charge is 0.404 e. The molecule has 0 aromatic carbocycles. The van der Waals surface area contributed by atoms with Crippen molar-refractivity contribution in [2.75, 3.05) is 6.61 Å². The van der Waals surface area contributed by atoms with Crippen LogP contribution in [-0.4, -0.2) is 18.8 Å². The summed E-state index contributed by atoms with van der Waals surface area (Å²) >= 11 is 0. The van der Waals surface area contributed by atoms with E-state index in [1.165, 1.54) is 6.92 Å². The molecule has 0 aromatic heterocycles. The van der Waals surface area contributed by atoms with E-state index in [0.29, 0.717) is 0 Å². The quantitative estimate of drug-likeness (QED) is 0.602. The number of hydrogen-bond donors (Lipinski definition) is 0. The third kappa shape index (κ3) is 5.03. The normalized spacial score (nSPS) is 16.8. The molecule has 2 nitrogen and oxygen atoms in total. The van der Waals surface area contributed by atoms with Crippen molar-refractivity contribution in [1.29, 1.82) is 0 Å². The van der Waals surface area contributed by atoms with Gasteiger partial charge in [-0.1, -0.05) is 40.0 Å². The molecule has 0 heterocycles. The Morgan fingerprint density at radius 1 is 1.21 bits per heavy atom. The number of ether oxygens (including phenoxy) is 1. The fourth-order valence-corrected chi connectivity index (χ4v) is 1.71. The van der Waals surface area contributed by atoms with E-state index in [9.17, 15) is 18.0 Å². The summed E-state index contributed by atoms with van der Waals surface area (Å²) in [6.07, 6.45) is -1.15. The van der Waals surface area contributed by atoms with Crippen molar-refractivity contribution in [3.05, 3.63) is 0 Å². The lowest BCUT2D eigenvalue weighted by atomic mass is 9.87. The number of alkyl halides is 3. The molecule has 114 valence electrons. The van der Waals surface area contributed by atoms with Gasteiger partial charge in [-0.15, -0.1) is 0 Å². The van der Waals surface area contributed by atoms with Crippen molar-refractivity contribution >= 4 is 5.97 Å². The second kappa shape index (κ2) is 7.75. The molecular weight excluding hydrogens is 257 g/mol. The average molecular weight is 282 g/mol. The Morgan fingerprint density at radius 2 is 1.79 bits per heavy atom. The van der Waals surface area contributed by atoms with Crippen molar-refractivity contribution in [2.24, 2.45) is 11.3 Å². The van der Waals surface area contributed by atoms with Crippen LogP contribution in [0.5, 0.6) is 0 Å². The van der Waals surface area contributed by atoms with Crippen molar-refractivity contribution in [1.82, 2.24) is 0 Å². The molecule has 0 aromatic rings. The van der Waals surface area contributed by atoms with Gasteiger partial charge in [0.1, 0.15) is 0 Å². The van der Waals surface area contributed by atoms with Gasteiger partial charge in [-0.3, -0.25) is 4.79 Å². The molecule has 0 amide bonds. The number of carbonyl (C=O) groups is 1. The third-order valence-corrected chi connectivity index (χ3v) is 3.78. The van der Waals surface area contributed by atoms with Crippen LogP contribution in [0.2, 0.25) is 0 Å². The molecule has 0 fully saturated rings. The van der Waals surface area contributed by atoms with Crippen LogP contribution < -0.4 is 0 Å². The van der Waals surface area contributed by atoms with E-state index in [1.807, 2.05) is 6.92 Å². The molecule has 19 heavy (non-hydrogen) atoms. The Bertz CT molecular complexity index is 276. The molecule has 0 aliphatic carbocycles. The summed E-state index contributed by atoms with van der Waals surface area (Å²) in [7, 11) is 0. The van der Waals surface area contributed by atoms with Crippen LogP contribution in [0.4, 0.5) is 13.2 Å². The number of esters is 1. The maximum atomic E-state index is 12.9. The second-order valence-corrected chi connectivity index (χ2v) is 5.20. The van der Waals surface area contributed by atoms with E-state index in [0.717, 1.165) is 32.6 Å². The summed E-state index contributed by atoms with van der Waals surface area (Å²) in [6.45, 7) is 6.35. The molecule has 0 saturated carbocycles. The first-order valence-electron chi connectivity index (χ1n) is 6.96. The number of unbranched alkanes of at least 4 members (excludes halogenated alkanes) is 1. The minimum Gasteiger partial charge on any atom is -0.465 e. The molecule has 0 bridgehead atoms. The lowest BCUT2D eigenvalue weighted by Crippen LogP contribution is -2.43. The Kier molecular flexibility index (Phi) is 7.45. The average Bonchev–Trinajstić information content (AvgIpc) is 2.36. The summed E-state index contributed by atoms with van der Waals surface area (Å²) in [6, 6.07) is 0. The largest absolute Gasteiger partial charge is 0.465 e. The first-order chi connectivity index (χ1) is 8.72. The molecular formula is C14H25F3O2. The van der Waals surface area contributed by atoms with Crippen LogP contribution in [0.3, 0.4) is 0 Å². The summed E-state index contributed by atoms with van der Waals surface area (Å²) in [5.74, 6) is -1.00.